The maximum atomic E-state index is 11.8. The number of halogens is 2. The van der Waals surface area contributed by atoms with Gasteiger partial charge in [-0.1, -0.05) is 48.0 Å². The molecule has 2 aromatic carbocycles. The van der Waals surface area contributed by atoms with Crippen molar-refractivity contribution in [1.82, 2.24) is 15.1 Å². The summed E-state index contributed by atoms with van der Waals surface area (Å²) in [6.07, 6.45) is 1.65. The van der Waals surface area contributed by atoms with Crippen molar-refractivity contribution in [2.24, 2.45) is 4.99 Å². The number of nitrogens with one attached hydrogen (secondary N) is 1. The van der Waals surface area contributed by atoms with Crippen molar-refractivity contribution >= 4 is 47.4 Å². The van der Waals surface area contributed by atoms with Crippen LogP contribution in [0.2, 0.25) is 5.02 Å². The first-order chi connectivity index (χ1) is 13.5. The van der Waals surface area contributed by atoms with E-state index in [1.807, 2.05) is 42.3 Å². The molecule has 156 valence electrons. The molecule has 29 heavy (non-hydrogen) atoms. The minimum Gasteiger partial charge on any atom is -0.352 e. The van der Waals surface area contributed by atoms with Gasteiger partial charge in [0.05, 0.1) is 0 Å². The van der Waals surface area contributed by atoms with Crippen molar-refractivity contribution in [3.63, 3.8) is 0 Å². The highest BCUT2D eigenvalue weighted by Gasteiger charge is 2.19. The summed E-state index contributed by atoms with van der Waals surface area (Å²) in [6.45, 7) is 2.98. The Hall–Kier alpha value is -1.80. The second kappa shape index (κ2) is 11.4. The topological polar surface area (TPSA) is 47.9 Å². The Kier molecular flexibility index (Phi) is 9.23. The molecule has 5 nitrogen and oxygen atoms in total. The van der Waals surface area contributed by atoms with Crippen LogP contribution in [-0.2, 0) is 24.4 Å². The number of carbonyl (C=O) groups is 1. The van der Waals surface area contributed by atoms with Gasteiger partial charge in [-0.25, -0.2) is 0 Å². The first-order valence-electron chi connectivity index (χ1n) is 9.57. The maximum Gasteiger partial charge on any atom is 0.222 e. The second-order valence-electron chi connectivity index (χ2n) is 7.12. The Labute approximate surface area is 195 Å². The molecule has 0 saturated carbocycles. The monoisotopic (exact) mass is 526 g/mol. The number of amides is 1. The first-order valence-corrected chi connectivity index (χ1v) is 9.95. The molecule has 1 N–H and O–H groups in total. The van der Waals surface area contributed by atoms with Gasteiger partial charge in [-0.15, -0.1) is 24.0 Å². The number of guanidine groups is 1. The van der Waals surface area contributed by atoms with Crippen LogP contribution in [0.3, 0.4) is 0 Å². The van der Waals surface area contributed by atoms with Gasteiger partial charge in [0.1, 0.15) is 0 Å². The van der Waals surface area contributed by atoms with E-state index in [2.05, 4.69) is 33.4 Å². The fourth-order valence-electron chi connectivity index (χ4n) is 3.43. The standard InChI is InChI=1S/C22H27ClN4O.HI/c1-24-22(26(2)15-17-8-10-20(23)11-9-17)25-14-18-5-3-6-19(13-18)16-27-12-4-7-21(27)28;/h3,5-6,8-11,13H,4,7,12,14-16H2,1-2H3,(H,24,25);1H. The van der Waals surface area contributed by atoms with Gasteiger partial charge in [-0.2, -0.15) is 0 Å². The number of aliphatic imine (C=N–C) groups is 1. The summed E-state index contributed by atoms with van der Waals surface area (Å²) in [6, 6.07) is 16.2. The van der Waals surface area contributed by atoms with E-state index in [0.717, 1.165) is 30.5 Å². The molecule has 0 unspecified atom stereocenters. The zero-order valence-electron chi connectivity index (χ0n) is 16.9. The van der Waals surface area contributed by atoms with E-state index in [-0.39, 0.29) is 29.9 Å². The lowest BCUT2D eigenvalue weighted by Gasteiger charge is -2.22. The van der Waals surface area contributed by atoms with Crippen molar-refractivity contribution in [2.45, 2.75) is 32.5 Å². The number of hydrogen-bond acceptors (Lipinski definition) is 2. The van der Waals surface area contributed by atoms with E-state index in [1.54, 1.807) is 7.05 Å². The van der Waals surface area contributed by atoms with Gasteiger partial charge >= 0.3 is 0 Å². The van der Waals surface area contributed by atoms with Crippen LogP contribution in [-0.4, -0.2) is 42.3 Å². The van der Waals surface area contributed by atoms with Crippen LogP contribution < -0.4 is 5.32 Å². The van der Waals surface area contributed by atoms with Gasteiger partial charge in [0.2, 0.25) is 5.91 Å². The molecule has 0 atom stereocenters. The number of carbonyl (C=O) groups excluding carboxylic acids is 1. The molecule has 3 rings (SSSR count). The molecule has 0 aliphatic carbocycles. The molecular weight excluding hydrogens is 499 g/mol. The summed E-state index contributed by atoms with van der Waals surface area (Å²) < 4.78 is 0. The summed E-state index contributed by atoms with van der Waals surface area (Å²) in [7, 11) is 3.80. The first kappa shape index (κ1) is 23.5. The summed E-state index contributed by atoms with van der Waals surface area (Å²) in [4.78, 5) is 20.2. The van der Waals surface area contributed by atoms with Crippen LogP contribution in [0.5, 0.6) is 0 Å². The molecule has 0 bridgehead atoms. The normalized spacial score (nSPS) is 14.0. The van der Waals surface area contributed by atoms with Crippen molar-refractivity contribution in [2.75, 3.05) is 20.6 Å². The van der Waals surface area contributed by atoms with Crippen LogP contribution in [0.15, 0.2) is 53.5 Å². The van der Waals surface area contributed by atoms with Gasteiger partial charge in [-0.05, 0) is 35.2 Å². The Bertz CT molecular complexity index is 841. The highest BCUT2D eigenvalue weighted by molar-refractivity contribution is 14.0. The number of nitrogens with zero attached hydrogens (tertiary/aromatic N) is 3. The van der Waals surface area contributed by atoms with Gasteiger partial charge < -0.3 is 15.1 Å². The van der Waals surface area contributed by atoms with Crippen LogP contribution >= 0.6 is 35.6 Å². The van der Waals surface area contributed by atoms with Crippen LogP contribution in [0.4, 0.5) is 0 Å². The predicted molar refractivity (Wildman–Crippen MR) is 130 cm³/mol. The molecule has 0 radical (unpaired) electrons. The fourth-order valence-corrected chi connectivity index (χ4v) is 3.56. The molecule has 0 spiro atoms. The van der Waals surface area contributed by atoms with Crippen molar-refractivity contribution in [3.8, 4) is 0 Å². The largest absolute Gasteiger partial charge is 0.352 e. The fraction of sp³-hybridized carbons (Fsp3) is 0.364. The molecule has 1 amide bonds. The maximum absolute atomic E-state index is 11.8. The van der Waals surface area contributed by atoms with Gasteiger partial charge in [0, 0.05) is 51.7 Å². The quantitative estimate of drug-likeness (QED) is 0.347. The number of rotatable bonds is 6. The van der Waals surface area contributed by atoms with Crippen molar-refractivity contribution in [3.05, 3.63) is 70.2 Å². The highest BCUT2D eigenvalue weighted by Crippen LogP contribution is 2.15. The minimum absolute atomic E-state index is 0. The number of likely N-dealkylation sites (tertiary alicyclic amines) is 1. The molecule has 0 aromatic heterocycles. The number of hydrogen-bond donors (Lipinski definition) is 1. The zero-order valence-corrected chi connectivity index (χ0v) is 20.0. The van der Waals surface area contributed by atoms with E-state index in [0.29, 0.717) is 19.5 Å². The van der Waals surface area contributed by atoms with E-state index < -0.39 is 0 Å². The Balaban J connectivity index is 0.00000300. The van der Waals surface area contributed by atoms with Crippen LogP contribution in [0, 0.1) is 0 Å². The average Bonchev–Trinajstić information content (AvgIpc) is 3.09. The summed E-state index contributed by atoms with van der Waals surface area (Å²) in [5, 5.41) is 4.16. The van der Waals surface area contributed by atoms with E-state index >= 15 is 0 Å². The molecule has 1 aliphatic heterocycles. The Morgan fingerprint density at radius 1 is 1.17 bits per heavy atom. The summed E-state index contributed by atoms with van der Waals surface area (Å²) >= 11 is 5.96. The smallest absolute Gasteiger partial charge is 0.222 e. The van der Waals surface area contributed by atoms with E-state index in [9.17, 15) is 4.79 Å². The SMILES string of the molecule is CN=C(NCc1cccc(CN2CCCC2=O)c1)N(C)Cc1ccc(Cl)cc1.I. The molecule has 7 heteroatoms. The molecule has 2 aromatic rings. The third-order valence-corrected chi connectivity index (χ3v) is 5.15. The van der Waals surface area contributed by atoms with E-state index in [4.69, 9.17) is 11.6 Å². The zero-order chi connectivity index (χ0) is 19.9. The molecule has 1 aliphatic rings. The van der Waals surface area contributed by atoms with E-state index in [1.165, 1.54) is 16.7 Å². The average molecular weight is 527 g/mol. The third-order valence-electron chi connectivity index (χ3n) is 4.89. The summed E-state index contributed by atoms with van der Waals surface area (Å²) in [5.74, 6) is 1.09. The summed E-state index contributed by atoms with van der Waals surface area (Å²) in [5.41, 5.74) is 3.51. The Morgan fingerprint density at radius 2 is 1.90 bits per heavy atom. The van der Waals surface area contributed by atoms with Crippen molar-refractivity contribution < 1.29 is 4.79 Å². The van der Waals surface area contributed by atoms with Crippen LogP contribution in [0.1, 0.15) is 29.5 Å². The molecule has 1 fully saturated rings. The second-order valence-corrected chi connectivity index (χ2v) is 7.56. The van der Waals surface area contributed by atoms with Crippen molar-refractivity contribution in [1.29, 1.82) is 0 Å². The molecular formula is C22H28ClIN4O. The lowest BCUT2D eigenvalue weighted by atomic mass is 10.1. The highest BCUT2D eigenvalue weighted by atomic mass is 127. The lowest BCUT2D eigenvalue weighted by Crippen LogP contribution is -2.38. The lowest BCUT2D eigenvalue weighted by molar-refractivity contribution is -0.128. The minimum atomic E-state index is 0. The molecule has 1 saturated heterocycles. The number of benzene rings is 2. The van der Waals surface area contributed by atoms with Gasteiger partial charge in [0.25, 0.3) is 0 Å². The molecule has 1 heterocycles. The van der Waals surface area contributed by atoms with Crippen LogP contribution in [0.25, 0.3) is 0 Å². The Morgan fingerprint density at radius 3 is 2.55 bits per heavy atom. The van der Waals surface area contributed by atoms with Gasteiger partial charge in [0.15, 0.2) is 5.96 Å². The predicted octanol–water partition coefficient (Wildman–Crippen LogP) is 4.29. The third kappa shape index (κ3) is 6.89. The van der Waals surface area contributed by atoms with Gasteiger partial charge in [-0.3, -0.25) is 9.79 Å².